The van der Waals surface area contributed by atoms with Crippen LogP contribution in [0.1, 0.15) is 97.8 Å². The van der Waals surface area contributed by atoms with Crippen molar-refractivity contribution in [1.29, 1.82) is 0 Å². The maximum Gasteiger partial charge on any atom is 0.333 e. The third kappa shape index (κ3) is 7.79. The van der Waals surface area contributed by atoms with Crippen molar-refractivity contribution >= 4 is 11.9 Å². The van der Waals surface area contributed by atoms with Gasteiger partial charge in [-0.2, -0.15) is 0 Å². The summed E-state index contributed by atoms with van der Waals surface area (Å²) in [5.74, 6) is 2.18. The Morgan fingerprint density at radius 1 is 0.897 bits per heavy atom. The van der Waals surface area contributed by atoms with E-state index in [1.165, 1.54) is 58.3 Å². The van der Waals surface area contributed by atoms with E-state index in [1.54, 1.807) is 6.92 Å². The largest absolute Gasteiger partial charge is 0.466 e. The molecule has 0 spiro atoms. The Kier molecular flexibility index (Phi) is 9.71. The van der Waals surface area contributed by atoms with Crippen molar-refractivity contribution in [1.82, 2.24) is 0 Å². The fraction of sp³-hybridized carbons (Fsp3) is 0.840. The summed E-state index contributed by atoms with van der Waals surface area (Å²) in [6.07, 6.45) is 14.9. The molecule has 0 aromatic carbocycles. The summed E-state index contributed by atoms with van der Waals surface area (Å²) >= 11 is 0. The standard InChI is InChI=1S/C25H42O4/c1-5-6-21-7-9-22(10-8-21)23-11-13-25(14-12-23,15-17-28-20(4)26)16-18-29-24(27)19(2)3/h21-23H,2,5-18H2,1,3-4H3. The molecule has 4 heteroatoms. The molecule has 2 aliphatic carbocycles. The predicted octanol–water partition coefficient (Wildman–Crippen LogP) is 6.23. The summed E-state index contributed by atoms with van der Waals surface area (Å²) in [5.41, 5.74) is 0.571. The van der Waals surface area contributed by atoms with Crippen LogP contribution in [0.15, 0.2) is 12.2 Å². The van der Waals surface area contributed by atoms with E-state index < -0.39 is 0 Å². The molecule has 0 unspecified atom stereocenters. The molecular formula is C25H42O4. The number of hydrogen-bond donors (Lipinski definition) is 0. The highest BCUT2D eigenvalue weighted by molar-refractivity contribution is 5.86. The Morgan fingerprint density at radius 3 is 1.97 bits per heavy atom. The Balaban J connectivity index is 1.85. The number of rotatable bonds is 10. The maximum absolute atomic E-state index is 11.7. The van der Waals surface area contributed by atoms with Crippen molar-refractivity contribution in [2.75, 3.05) is 13.2 Å². The lowest BCUT2D eigenvalue weighted by Crippen LogP contribution is -2.34. The molecular weight excluding hydrogens is 364 g/mol. The first-order valence-electron chi connectivity index (χ1n) is 11.8. The Hall–Kier alpha value is -1.32. The van der Waals surface area contributed by atoms with Gasteiger partial charge in [0.25, 0.3) is 0 Å². The first-order valence-corrected chi connectivity index (χ1v) is 11.8. The molecule has 0 aliphatic heterocycles. The van der Waals surface area contributed by atoms with Crippen molar-refractivity contribution in [3.63, 3.8) is 0 Å². The Morgan fingerprint density at radius 2 is 1.45 bits per heavy atom. The van der Waals surface area contributed by atoms with Crippen LogP contribution in [-0.4, -0.2) is 25.2 Å². The van der Waals surface area contributed by atoms with E-state index in [2.05, 4.69) is 13.5 Å². The van der Waals surface area contributed by atoms with E-state index in [-0.39, 0.29) is 17.4 Å². The molecule has 0 saturated heterocycles. The lowest BCUT2D eigenvalue weighted by atomic mass is 9.62. The number of ether oxygens (including phenoxy) is 2. The number of carbonyl (C=O) groups is 2. The number of carbonyl (C=O) groups excluding carboxylic acids is 2. The fourth-order valence-electron chi connectivity index (χ4n) is 5.60. The highest BCUT2D eigenvalue weighted by atomic mass is 16.5. The molecule has 2 fully saturated rings. The summed E-state index contributed by atoms with van der Waals surface area (Å²) in [5, 5.41) is 0. The molecule has 0 aromatic heterocycles. The molecule has 0 bridgehead atoms. The second-order valence-electron chi connectivity index (χ2n) is 9.66. The average Bonchev–Trinajstić information content (AvgIpc) is 2.69. The molecule has 166 valence electrons. The zero-order valence-corrected chi connectivity index (χ0v) is 19.0. The third-order valence-corrected chi connectivity index (χ3v) is 7.50. The van der Waals surface area contributed by atoms with Crippen LogP contribution in [0, 0.1) is 23.2 Å². The van der Waals surface area contributed by atoms with E-state index in [0.29, 0.717) is 18.8 Å². The minimum absolute atomic E-state index is 0.126. The highest BCUT2D eigenvalue weighted by Crippen LogP contribution is 2.49. The van der Waals surface area contributed by atoms with Gasteiger partial charge in [0.05, 0.1) is 13.2 Å². The minimum Gasteiger partial charge on any atom is -0.466 e. The molecule has 0 radical (unpaired) electrons. The van der Waals surface area contributed by atoms with Crippen LogP contribution in [0.2, 0.25) is 0 Å². The van der Waals surface area contributed by atoms with E-state index in [0.717, 1.165) is 43.4 Å². The Bertz CT molecular complexity index is 537. The molecule has 0 aromatic rings. The average molecular weight is 407 g/mol. The number of esters is 2. The first-order chi connectivity index (χ1) is 13.8. The van der Waals surface area contributed by atoms with Gasteiger partial charge in [-0.3, -0.25) is 4.79 Å². The molecule has 0 heterocycles. The second-order valence-corrected chi connectivity index (χ2v) is 9.66. The van der Waals surface area contributed by atoms with Crippen LogP contribution < -0.4 is 0 Å². The van der Waals surface area contributed by atoms with E-state index in [4.69, 9.17) is 9.47 Å². The van der Waals surface area contributed by atoms with E-state index in [1.807, 2.05) is 0 Å². The predicted molar refractivity (Wildman–Crippen MR) is 116 cm³/mol. The van der Waals surface area contributed by atoms with Crippen molar-refractivity contribution in [3.8, 4) is 0 Å². The summed E-state index contributed by atoms with van der Waals surface area (Å²) in [7, 11) is 0. The molecule has 0 amide bonds. The lowest BCUT2D eigenvalue weighted by Gasteiger charge is -2.44. The minimum atomic E-state index is -0.308. The summed E-state index contributed by atoms with van der Waals surface area (Å²) in [4.78, 5) is 22.9. The van der Waals surface area contributed by atoms with Gasteiger partial charge in [0, 0.05) is 12.5 Å². The monoisotopic (exact) mass is 406 g/mol. The van der Waals surface area contributed by atoms with Crippen LogP contribution in [0.4, 0.5) is 0 Å². The normalized spacial score (nSPS) is 29.8. The molecule has 2 aliphatic rings. The van der Waals surface area contributed by atoms with Crippen molar-refractivity contribution in [2.45, 2.75) is 97.8 Å². The van der Waals surface area contributed by atoms with Crippen molar-refractivity contribution in [2.24, 2.45) is 23.2 Å². The van der Waals surface area contributed by atoms with Gasteiger partial charge in [-0.05, 0) is 81.5 Å². The molecule has 2 rings (SSSR count). The van der Waals surface area contributed by atoms with Crippen LogP contribution in [0.3, 0.4) is 0 Å². The summed E-state index contributed by atoms with van der Waals surface area (Å²) in [6.45, 7) is 10.00. The molecule has 0 N–H and O–H groups in total. The summed E-state index contributed by atoms with van der Waals surface area (Å²) < 4.78 is 10.6. The van der Waals surface area contributed by atoms with Crippen LogP contribution >= 0.6 is 0 Å². The molecule has 0 atom stereocenters. The van der Waals surface area contributed by atoms with Gasteiger partial charge in [0.15, 0.2) is 0 Å². The van der Waals surface area contributed by atoms with Gasteiger partial charge >= 0.3 is 11.9 Å². The quantitative estimate of drug-likeness (QED) is 0.319. The van der Waals surface area contributed by atoms with Gasteiger partial charge < -0.3 is 9.47 Å². The Labute approximate surface area is 177 Å². The maximum atomic E-state index is 11.7. The second kappa shape index (κ2) is 11.8. The third-order valence-electron chi connectivity index (χ3n) is 7.50. The van der Waals surface area contributed by atoms with Crippen molar-refractivity contribution < 1.29 is 19.1 Å². The zero-order valence-electron chi connectivity index (χ0n) is 19.0. The van der Waals surface area contributed by atoms with Crippen LogP contribution in [0.25, 0.3) is 0 Å². The lowest BCUT2D eigenvalue weighted by molar-refractivity contribution is -0.142. The zero-order chi connectivity index (χ0) is 21.3. The van der Waals surface area contributed by atoms with E-state index in [9.17, 15) is 9.59 Å². The van der Waals surface area contributed by atoms with Gasteiger partial charge in [-0.1, -0.05) is 39.2 Å². The number of hydrogen-bond acceptors (Lipinski definition) is 4. The topological polar surface area (TPSA) is 52.6 Å². The molecule has 2 saturated carbocycles. The molecule has 29 heavy (non-hydrogen) atoms. The van der Waals surface area contributed by atoms with Gasteiger partial charge in [0.1, 0.15) is 0 Å². The smallest absolute Gasteiger partial charge is 0.333 e. The van der Waals surface area contributed by atoms with Gasteiger partial charge in [-0.15, -0.1) is 0 Å². The highest BCUT2D eigenvalue weighted by Gasteiger charge is 2.38. The van der Waals surface area contributed by atoms with Gasteiger partial charge in [0.2, 0.25) is 0 Å². The SMILES string of the molecule is C=C(C)C(=O)OCCC1(CCOC(C)=O)CCC(C2CCC(CCC)CC2)CC1. The molecule has 4 nitrogen and oxygen atoms in total. The fourth-order valence-corrected chi connectivity index (χ4v) is 5.60. The van der Waals surface area contributed by atoms with E-state index >= 15 is 0 Å². The van der Waals surface area contributed by atoms with Crippen molar-refractivity contribution in [3.05, 3.63) is 12.2 Å². The van der Waals surface area contributed by atoms with Crippen LogP contribution in [0.5, 0.6) is 0 Å². The first kappa shape index (κ1) is 24.0. The van der Waals surface area contributed by atoms with Crippen LogP contribution in [-0.2, 0) is 19.1 Å². The van der Waals surface area contributed by atoms with Gasteiger partial charge in [-0.25, -0.2) is 4.79 Å². The summed E-state index contributed by atoms with van der Waals surface area (Å²) in [6, 6.07) is 0.